The molecule has 2 saturated carbocycles. The molecule has 2 aliphatic carbocycles. The van der Waals surface area contributed by atoms with Gasteiger partial charge in [0.2, 0.25) is 11.6 Å². The van der Waals surface area contributed by atoms with Crippen LogP contribution in [0.3, 0.4) is 0 Å². The van der Waals surface area contributed by atoms with Gasteiger partial charge in [0.05, 0.1) is 25.6 Å². The fraction of sp³-hybridized carbons (Fsp3) is 0.902. The van der Waals surface area contributed by atoms with E-state index in [-0.39, 0.29) is 23.7 Å². The lowest BCUT2D eigenvalue weighted by molar-refractivity contribution is -0.577. The minimum Gasteiger partial charge on any atom is -0.346 e. The summed E-state index contributed by atoms with van der Waals surface area (Å²) in [4.78, 5) is 24.4. The zero-order valence-electron chi connectivity index (χ0n) is 34.5. The zero-order chi connectivity index (χ0) is 39.2. The fourth-order valence-electron chi connectivity index (χ4n) is 12.2. The normalized spacial score (nSPS) is 47.3. The van der Waals surface area contributed by atoms with E-state index in [4.69, 9.17) is 48.0 Å². The Bertz CT molecular complexity index is 1630. The summed E-state index contributed by atoms with van der Waals surface area (Å²) in [5.41, 5.74) is 0.374. The van der Waals surface area contributed by atoms with Crippen LogP contribution in [0.15, 0.2) is 12.4 Å². The van der Waals surface area contributed by atoms with Gasteiger partial charge in [0.15, 0.2) is 36.4 Å². The molecular weight excluding hydrogens is 736 g/mol. The van der Waals surface area contributed by atoms with Crippen molar-refractivity contribution in [3.8, 4) is 0 Å². The third kappa shape index (κ3) is 6.63. The average molecular weight is 799 g/mol. The average Bonchev–Trinajstić information content (AvgIpc) is 3.71. The molecule has 10 heterocycles. The molecule has 0 aromatic carbocycles. The summed E-state index contributed by atoms with van der Waals surface area (Å²) in [5, 5.41) is 17.5. The van der Waals surface area contributed by atoms with E-state index in [1.54, 1.807) is 0 Å². The number of ether oxygens (including phenoxy) is 6. The minimum absolute atomic E-state index is 0.113. The highest BCUT2D eigenvalue weighted by Gasteiger charge is 2.71. The molecule has 16 atom stereocenters. The number of hydrogen-bond acceptors (Lipinski definition) is 14. The van der Waals surface area contributed by atoms with Gasteiger partial charge in [-0.15, -0.1) is 10.2 Å². The zero-order valence-corrected chi connectivity index (χ0v) is 34.5. The first-order valence-corrected chi connectivity index (χ1v) is 21.9. The number of aryl methyl sites for hydroxylation is 2. The van der Waals surface area contributed by atoms with Crippen molar-refractivity contribution in [1.29, 1.82) is 0 Å². The molecule has 57 heavy (non-hydrogen) atoms. The Hall–Kier alpha value is -2.12. The summed E-state index contributed by atoms with van der Waals surface area (Å²) in [5.74, 6) is 0.759. The van der Waals surface area contributed by atoms with Gasteiger partial charge in [-0.1, -0.05) is 38.1 Å². The largest absolute Gasteiger partial charge is 0.346 e. The Balaban J connectivity index is 0.668. The van der Waals surface area contributed by atoms with Crippen LogP contribution in [0.5, 0.6) is 0 Å². The van der Waals surface area contributed by atoms with Gasteiger partial charge in [-0.2, -0.15) is 0 Å². The quantitative estimate of drug-likeness (QED) is 0.177. The van der Waals surface area contributed by atoms with Crippen LogP contribution in [0.4, 0.5) is 0 Å². The van der Waals surface area contributed by atoms with E-state index >= 15 is 0 Å². The van der Waals surface area contributed by atoms with Gasteiger partial charge in [-0.3, -0.25) is 9.36 Å². The van der Waals surface area contributed by atoms with Crippen molar-refractivity contribution in [2.75, 3.05) is 0 Å². The maximum absolute atomic E-state index is 6.57. The highest BCUT2D eigenvalue weighted by atomic mass is 17.3. The second-order valence-electron chi connectivity index (χ2n) is 19.2. The lowest BCUT2D eigenvalue weighted by atomic mass is 9.58. The summed E-state index contributed by atoms with van der Waals surface area (Å²) >= 11 is 0. The lowest BCUT2D eigenvalue weighted by Crippen LogP contribution is -2.70. The molecule has 8 aliphatic heterocycles. The Morgan fingerprint density at radius 1 is 0.596 bits per heavy atom. The van der Waals surface area contributed by atoms with Crippen molar-refractivity contribution >= 4 is 0 Å². The molecule has 16 heteroatoms. The highest BCUT2D eigenvalue weighted by Crippen LogP contribution is 2.62. The minimum atomic E-state index is -0.804. The predicted octanol–water partition coefficient (Wildman–Crippen LogP) is 6.19. The molecule has 0 radical (unpaired) electrons. The molecule has 2 spiro atoms. The van der Waals surface area contributed by atoms with E-state index in [0.717, 1.165) is 95.1 Å². The molecule has 316 valence electrons. The van der Waals surface area contributed by atoms with Gasteiger partial charge in [-0.05, 0) is 95.3 Å². The van der Waals surface area contributed by atoms with Crippen LogP contribution in [0.25, 0.3) is 0 Å². The van der Waals surface area contributed by atoms with Gasteiger partial charge in [0, 0.05) is 49.6 Å². The van der Waals surface area contributed by atoms with Gasteiger partial charge in [0.25, 0.3) is 0 Å². The number of aromatic nitrogens is 6. The van der Waals surface area contributed by atoms with Gasteiger partial charge >= 0.3 is 0 Å². The Morgan fingerprint density at radius 2 is 1.05 bits per heavy atom. The molecule has 16 nitrogen and oxygen atoms in total. The molecule has 0 amide bonds. The maximum atomic E-state index is 6.57. The van der Waals surface area contributed by atoms with Crippen molar-refractivity contribution in [2.24, 2.45) is 47.3 Å². The highest BCUT2D eigenvalue weighted by molar-refractivity contribution is 5.11. The van der Waals surface area contributed by atoms with Crippen LogP contribution in [0.2, 0.25) is 0 Å². The number of rotatable bonds is 12. The Labute approximate surface area is 335 Å². The van der Waals surface area contributed by atoms with Crippen molar-refractivity contribution in [3.63, 3.8) is 0 Å². The topological polar surface area (TPSA) is 154 Å². The molecule has 2 aromatic heterocycles. The Morgan fingerprint density at radius 3 is 1.51 bits per heavy atom. The molecule has 4 bridgehead atoms. The van der Waals surface area contributed by atoms with Gasteiger partial charge in [-0.25, -0.2) is 19.6 Å². The van der Waals surface area contributed by atoms with E-state index in [1.807, 2.05) is 35.6 Å². The monoisotopic (exact) mass is 798 g/mol. The molecule has 2 aromatic rings. The predicted molar refractivity (Wildman–Crippen MR) is 197 cm³/mol. The van der Waals surface area contributed by atoms with Crippen molar-refractivity contribution in [3.05, 3.63) is 23.8 Å². The number of unbranched alkanes of at least 4 members (excludes halogenated alkanes) is 2. The number of hydrogen-bond donors (Lipinski definition) is 0. The van der Waals surface area contributed by atoms with E-state index in [9.17, 15) is 0 Å². The third-order valence-electron chi connectivity index (χ3n) is 15.4. The molecule has 0 unspecified atom stereocenters. The second-order valence-corrected chi connectivity index (χ2v) is 19.2. The van der Waals surface area contributed by atoms with Gasteiger partial charge in [0.1, 0.15) is 11.4 Å². The van der Waals surface area contributed by atoms with Crippen molar-refractivity contribution in [2.45, 2.75) is 186 Å². The summed E-state index contributed by atoms with van der Waals surface area (Å²) in [6.07, 6.45) is 13.0. The van der Waals surface area contributed by atoms with E-state index in [2.05, 4.69) is 48.3 Å². The first-order chi connectivity index (χ1) is 27.5. The second kappa shape index (κ2) is 14.8. The lowest BCUT2D eigenvalue weighted by Gasteiger charge is -2.60. The van der Waals surface area contributed by atoms with Crippen LogP contribution in [0, 0.1) is 47.3 Å². The molecule has 10 aliphatic rings. The van der Waals surface area contributed by atoms with E-state index < -0.39 is 47.9 Å². The number of fused-ring (bicyclic) bond motifs is 4. The van der Waals surface area contributed by atoms with Crippen LogP contribution < -0.4 is 0 Å². The molecule has 8 saturated heterocycles. The van der Waals surface area contributed by atoms with Crippen molar-refractivity contribution < 1.29 is 48.0 Å². The standard InChI is InChI=1S/C41H62N6O10/c1-24-10-12-32-26(3)34(50-36-40(32)30(24)14-16-38(5,52-36)54-56-40)48-22-28-20-46(44-42-28)18-8-7-9-19-47-21-29(43-45-47)23-49-35-27(4)33-13-11-25(2)31-15-17-39(6)53-37(51-35)41(31,33)57-55-39/h20-21,24-27,30-37H,7-19,22-23H2,1-6H3/t24-,25-,26-,27-,30+,31+,32+,33+,34-,35-,36-,37-,38+,39+,40-,41-/m1/s1. The van der Waals surface area contributed by atoms with Gasteiger partial charge < -0.3 is 28.4 Å². The smallest absolute Gasteiger partial charge is 0.201 e. The third-order valence-corrected chi connectivity index (χ3v) is 15.4. The molecule has 0 N–H and O–H groups in total. The summed E-state index contributed by atoms with van der Waals surface area (Å²) in [6, 6.07) is 0. The first-order valence-electron chi connectivity index (χ1n) is 21.9. The summed E-state index contributed by atoms with van der Waals surface area (Å²) in [6.45, 7) is 15.1. The summed E-state index contributed by atoms with van der Waals surface area (Å²) < 4.78 is 42.6. The van der Waals surface area contributed by atoms with Crippen molar-refractivity contribution in [1.82, 2.24) is 30.0 Å². The van der Waals surface area contributed by atoms with Crippen LogP contribution in [-0.4, -0.2) is 77.9 Å². The molecular formula is C41H62N6O10. The molecule has 12 rings (SSSR count). The SMILES string of the molecule is C[C@H]1[C@H](OCc2cn(CCCCCn3cc(CO[C@@H]4O[C@@H]5O[C@]6(C)CC[C@H]7[C@H](C)CC[C@@H]([C@H]4C)[C@@]57OO6)nn3)nn2)O[C@@H]2O[C@]3(C)CC[C@H]4[C@H](C)CC[C@@H]1[C@@]24OO3. The first kappa shape index (κ1) is 39.0. The fourth-order valence-corrected chi connectivity index (χ4v) is 12.2. The van der Waals surface area contributed by atoms with Crippen LogP contribution in [0.1, 0.15) is 124 Å². The van der Waals surface area contributed by atoms with E-state index in [0.29, 0.717) is 36.9 Å². The van der Waals surface area contributed by atoms with Crippen LogP contribution >= 0.6 is 0 Å². The van der Waals surface area contributed by atoms with E-state index in [1.165, 1.54) is 0 Å². The summed E-state index contributed by atoms with van der Waals surface area (Å²) in [7, 11) is 0. The number of nitrogens with zero attached hydrogens (tertiary/aromatic N) is 6. The molecule has 10 fully saturated rings. The maximum Gasteiger partial charge on any atom is 0.201 e. The van der Waals surface area contributed by atoms with Crippen LogP contribution in [-0.2, 0) is 74.3 Å². The Kier molecular flexibility index (Phi) is 10.1.